The molecule has 0 spiro atoms. The van der Waals surface area contributed by atoms with Gasteiger partial charge >= 0.3 is 0 Å². The van der Waals surface area contributed by atoms with Crippen LogP contribution in [0, 0.1) is 0 Å². The molecular formula is C18H21N3O4. The third kappa shape index (κ3) is 2.90. The fourth-order valence-electron chi connectivity index (χ4n) is 3.30. The molecule has 7 nitrogen and oxygen atoms in total. The molecule has 25 heavy (non-hydrogen) atoms. The van der Waals surface area contributed by atoms with Crippen LogP contribution in [0.1, 0.15) is 47.4 Å². The Labute approximate surface area is 146 Å². The summed E-state index contributed by atoms with van der Waals surface area (Å²) in [6.45, 7) is 4.52. The quantitative estimate of drug-likeness (QED) is 0.819. The van der Waals surface area contributed by atoms with Gasteiger partial charge in [-0.2, -0.15) is 0 Å². The zero-order chi connectivity index (χ0) is 18.2. The minimum absolute atomic E-state index is 0.142. The average molecular weight is 343 g/mol. The van der Waals surface area contributed by atoms with Gasteiger partial charge in [-0.1, -0.05) is 12.1 Å². The second-order valence-corrected chi connectivity index (χ2v) is 6.77. The predicted molar refractivity (Wildman–Crippen MR) is 89.8 cm³/mol. The number of carbonyl (C=O) groups excluding carboxylic acids is 4. The standard InChI is InChI=1S/C18H21N3O4/c1-18(2)17(25)19-9-11-21(18)14(22)8-5-10-20-15(23)12-6-3-4-7-13(12)16(20)24/h3-4,6-7H,5,8-11H2,1-2H3,(H,19,25). The lowest BCUT2D eigenvalue weighted by molar-refractivity contribution is -0.149. The average Bonchev–Trinajstić information content (AvgIpc) is 2.82. The van der Waals surface area contributed by atoms with Crippen molar-refractivity contribution in [2.24, 2.45) is 0 Å². The highest BCUT2D eigenvalue weighted by atomic mass is 16.2. The largest absolute Gasteiger partial charge is 0.352 e. The van der Waals surface area contributed by atoms with E-state index in [0.717, 1.165) is 0 Å². The molecule has 1 fully saturated rings. The van der Waals surface area contributed by atoms with E-state index in [2.05, 4.69) is 5.32 Å². The first-order valence-electron chi connectivity index (χ1n) is 8.38. The Morgan fingerprint density at radius 3 is 2.32 bits per heavy atom. The Kier molecular flexibility index (Phi) is 4.32. The summed E-state index contributed by atoms with van der Waals surface area (Å²) < 4.78 is 0. The molecule has 132 valence electrons. The van der Waals surface area contributed by atoms with Crippen molar-refractivity contribution in [1.82, 2.24) is 15.1 Å². The molecule has 0 radical (unpaired) electrons. The van der Waals surface area contributed by atoms with E-state index in [1.807, 2.05) is 0 Å². The molecule has 1 N–H and O–H groups in total. The first kappa shape index (κ1) is 17.1. The van der Waals surface area contributed by atoms with E-state index < -0.39 is 5.54 Å². The molecule has 7 heteroatoms. The molecule has 3 rings (SSSR count). The summed E-state index contributed by atoms with van der Waals surface area (Å²) in [5, 5.41) is 2.75. The van der Waals surface area contributed by atoms with Crippen LogP contribution >= 0.6 is 0 Å². The lowest BCUT2D eigenvalue weighted by Crippen LogP contribution is -2.63. The zero-order valence-electron chi connectivity index (χ0n) is 14.4. The molecule has 0 saturated carbocycles. The molecule has 0 bridgehead atoms. The minimum atomic E-state index is -0.884. The van der Waals surface area contributed by atoms with Crippen molar-refractivity contribution in [1.29, 1.82) is 0 Å². The summed E-state index contributed by atoms with van der Waals surface area (Å²) in [6, 6.07) is 6.71. The van der Waals surface area contributed by atoms with Crippen LogP contribution in [0.25, 0.3) is 0 Å². The number of benzene rings is 1. The molecule has 2 heterocycles. The normalized spacial score (nSPS) is 19.0. The monoisotopic (exact) mass is 343 g/mol. The third-order valence-corrected chi connectivity index (χ3v) is 4.80. The number of hydrogen-bond donors (Lipinski definition) is 1. The zero-order valence-corrected chi connectivity index (χ0v) is 14.4. The van der Waals surface area contributed by atoms with E-state index in [-0.39, 0.29) is 36.6 Å². The maximum atomic E-state index is 12.5. The van der Waals surface area contributed by atoms with Crippen LogP contribution in [0.3, 0.4) is 0 Å². The minimum Gasteiger partial charge on any atom is -0.352 e. The van der Waals surface area contributed by atoms with Crippen molar-refractivity contribution in [2.75, 3.05) is 19.6 Å². The van der Waals surface area contributed by atoms with Gasteiger partial charge in [0.05, 0.1) is 11.1 Å². The predicted octanol–water partition coefficient (Wildman–Crippen LogP) is 0.800. The van der Waals surface area contributed by atoms with Crippen molar-refractivity contribution in [3.63, 3.8) is 0 Å². The maximum absolute atomic E-state index is 12.5. The van der Waals surface area contributed by atoms with Crippen LogP contribution in [-0.2, 0) is 9.59 Å². The highest BCUT2D eigenvalue weighted by Gasteiger charge is 2.40. The van der Waals surface area contributed by atoms with Crippen molar-refractivity contribution in [3.8, 4) is 0 Å². The number of imide groups is 1. The number of piperazine rings is 1. The highest BCUT2D eigenvalue weighted by molar-refractivity contribution is 6.21. The second kappa shape index (κ2) is 6.31. The van der Waals surface area contributed by atoms with Gasteiger partial charge in [-0.15, -0.1) is 0 Å². The number of nitrogens with one attached hydrogen (secondary N) is 1. The summed E-state index contributed by atoms with van der Waals surface area (Å²) in [4.78, 5) is 51.7. The molecule has 1 saturated heterocycles. The summed E-state index contributed by atoms with van der Waals surface area (Å²) in [6.07, 6.45) is 0.558. The summed E-state index contributed by atoms with van der Waals surface area (Å²) in [5.41, 5.74) is -0.0643. The molecule has 2 aliphatic heterocycles. The number of rotatable bonds is 4. The van der Waals surface area contributed by atoms with Crippen molar-refractivity contribution in [2.45, 2.75) is 32.2 Å². The van der Waals surface area contributed by atoms with Crippen molar-refractivity contribution in [3.05, 3.63) is 35.4 Å². The SMILES string of the molecule is CC1(C)C(=O)NCCN1C(=O)CCCN1C(=O)c2ccccc2C1=O. The van der Waals surface area contributed by atoms with Crippen molar-refractivity contribution < 1.29 is 19.2 Å². The lowest BCUT2D eigenvalue weighted by atomic mass is 9.98. The van der Waals surface area contributed by atoms with E-state index >= 15 is 0 Å². The summed E-state index contributed by atoms with van der Waals surface area (Å²) in [5.74, 6) is -0.944. The Morgan fingerprint density at radius 2 is 1.72 bits per heavy atom. The number of fused-ring (bicyclic) bond motifs is 1. The van der Waals surface area contributed by atoms with Gasteiger partial charge in [0.2, 0.25) is 11.8 Å². The van der Waals surface area contributed by atoms with Gasteiger partial charge in [-0.25, -0.2) is 0 Å². The Morgan fingerprint density at radius 1 is 1.12 bits per heavy atom. The summed E-state index contributed by atoms with van der Waals surface area (Å²) in [7, 11) is 0. The number of carbonyl (C=O) groups is 4. The van der Waals surface area contributed by atoms with Crippen LogP contribution < -0.4 is 5.32 Å². The van der Waals surface area contributed by atoms with Crippen LogP contribution in [0.4, 0.5) is 0 Å². The first-order chi connectivity index (χ1) is 11.8. The highest BCUT2D eigenvalue weighted by Crippen LogP contribution is 2.23. The number of nitrogens with zero attached hydrogens (tertiary/aromatic N) is 2. The van der Waals surface area contributed by atoms with Crippen molar-refractivity contribution >= 4 is 23.6 Å². The maximum Gasteiger partial charge on any atom is 0.261 e. The third-order valence-electron chi connectivity index (χ3n) is 4.80. The fourth-order valence-corrected chi connectivity index (χ4v) is 3.30. The van der Waals surface area contributed by atoms with Crippen LogP contribution in [-0.4, -0.2) is 58.6 Å². The van der Waals surface area contributed by atoms with E-state index in [4.69, 9.17) is 0 Å². The topological polar surface area (TPSA) is 86.8 Å². The number of hydrogen-bond acceptors (Lipinski definition) is 4. The van der Waals surface area contributed by atoms with Crippen LogP contribution in [0.2, 0.25) is 0 Å². The Balaban J connectivity index is 1.59. The molecule has 0 aromatic heterocycles. The van der Waals surface area contributed by atoms with Gasteiger partial charge in [0, 0.05) is 26.1 Å². The number of amides is 4. The first-order valence-corrected chi connectivity index (χ1v) is 8.38. The smallest absolute Gasteiger partial charge is 0.261 e. The molecule has 0 unspecified atom stereocenters. The molecule has 0 aliphatic carbocycles. The molecule has 2 aliphatic rings. The lowest BCUT2D eigenvalue weighted by Gasteiger charge is -2.41. The molecule has 1 aromatic rings. The second-order valence-electron chi connectivity index (χ2n) is 6.77. The van der Waals surface area contributed by atoms with Crippen LogP contribution in [0.15, 0.2) is 24.3 Å². The van der Waals surface area contributed by atoms with E-state index in [1.165, 1.54) is 4.90 Å². The summed E-state index contributed by atoms with van der Waals surface area (Å²) >= 11 is 0. The Hall–Kier alpha value is -2.70. The van der Waals surface area contributed by atoms with Gasteiger partial charge in [0.1, 0.15) is 5.54 Å². The van der Waals surface area contributed by atoms with Gasteiger partial charge in [-0.05, 0) is 32.4 Å². The van der Waals surface area contributed by atoms with E-state index in [1.54, 1.807) is 43.0 Å². The van der Waals surface area contributed by atoms with Crippen LogP contribution in [0.5, 0.6) is 0 Å². The van der Waals surface area contributed by atoms with Gasteiger partial charge in [-0.3, -0.25) is 24.1 Å². The molecular weight excluding hydrogens is 322 g/mol. The Bertz CT molecular complexity index is 721. The fraction of sp³-hybridized carbons (Fsp3) is 0.444. The molecule has 4 amide bonds. The molecule has 0 atom stereocenters. The molecule has 1 aromatic carbocycles. The van der Waals surface area contributed by atoms with Gasteiger partial charge in [0.15, 0.2) is 0 Å². The van der Waals surface area contributed by atoms with E-state index in [0.29, 0.717) is 30.6 Å². The van der Waals surface area contributed by atoms with Gasteiger partial charge < -0.3 is 10.2 Å². The van der Waals surface area contributed by atoms with Gasteiger partial charge in [0.25, 0.3) is 11.8 Å². The van der Waals surface area contributed by atoms with E-state index in [9.17, 15) is 19.2 Å².